The molecule has 2 heteroatoms. The predicted molar refractivity (Wildman–Crippen MR) is 49.3 cm³/mol. The van der Waals surface area contributed by atoms with Crippen molar-refractivity contribution in [2.45, 2.75) is 13.3 Å². The second-order valence-corrected chi connectivity index (χ2v) is 2.80. The first-order valence-electron chi connectivity index (χ1n) is 4.10. The molecule has 1 aliphatic carbocycles. The summed E-state index contributed by atoms with van der Waals surface area (Å²) in [6.45, 7) is 2.11. The lowest BCUT2D eigenvalue weighted by Gasteiger charge is -1.99. The van der Waals surface area contributed by atoms with Crippen molar-refractivity contribution in [2.75, 3.05) is 0 Å². The van der Waals surface area contributed by atoms with Gasteiger partial charge in [0.15, 0.2) is 0 Å². The van der Waals surface area contributed by atoms with Crippen LogP contribution in [0.3, 0.4) is 0 Å². The summed E-state index contributed by atoms with van der Waals surface area (Å²) in [5.74, 6) is 0.0609. The fraction of sp³-hybridized carbons (Fsp3) is 0.300. The van der Waals surface area contributed by atoms with Gasteiger partial charge in [-0.3, -0.25) is 4.79 Å². The van der Waals surface area contributed by atoms with Crippen molar-refractivity contribution in [2.24, 2.45) is 11.7 Å². The van der Waals surface area contributed by atoms with Crippen LogP contribution in [0.25, 0.3) is 0 Å². The van der Waals surface area contributed by atoms with E-state index in [1.807, 2.05) is 12.2 Å². The molecule has 0 radical (unpaired) electrons. The summed E-state index contributed by atoms with van der Waals surface area (Å²) in [7, 11) is 0. The summed E-state index contributed by atoms with van der Waals surface area (Å²) in [5.41, 5.74) is 5.70. The van der Waals surface area contributed by atoms with Crippen molar-refractivity contribution >= 4 is 5.91 Å². The fourth-order valence-electron chi connectivity index (χ4n) is 1.09. The molecule has 1 aliphatic rings. The van der Waals surface area contributed by atoms with Gasteiger partial charge in [-0.25, -0.2) is 0 Å². The Morgan fingerprint density at radius 2 is 2.33 bits per heavy atom. The highest BCUT2D eigenvalue weighted by atomic mass is 16.1. The molecule has 64 valence electrons. The molecule has 0 saturated carbocycles. The molecule has 0 heterocycles. The summed E-state index contributed by atoms with van der Waals surface area (Å²) >= 11 is 0. The molecule has 0 fully saturated rings. The first-order chi connectivity index (χ1) is 5.74. The van der Waals surface area contributed by atoms with Crippen LogP contribution in [0, 0.1) is 5.92 Å². The van der Waals surface area contributed by atoms with Gasteiger partial charge >= 0.3 is 0 Å². The van der Waals surface area contributed by atoms with E-state index in [-0.39, 0.29) is 5.91 Å². The van der Waals surface area contributed by atoms with Crippen molar-refractivity contribution < 1.29 is 4.79 Å². The fourth-order valence-corrected chi connectivity index (χ4v) is 1.09. The summed E-state index contributed by atoms with van der Waals surface area (Å²) in [6, 6.07) is 0. The lowest BCUT2D eigenvalue weighted by molar-refractivity contribution is -0.114. The smallest absolute Gasteiger partial charge is 0.248 e. The molecular formula is C10H13NO. The molecule has 0 spiro atoms. The normalized spacial score (nSPS) is 21.8. The number of hydrogen-bond acceptors (Lipinski definition) is 1. The molecule has 1 atom stereocenters. The maximum Gasteiger partial charge on any atom is 0.248 e. The van der Waals surface area contributed by atoms with Gasteiger partial charge in [0.1, 0.15) is 0 Å². The zero-order chi connectivity index (χ0) is 8.97. The van der Waals surface area contributed by atoms with E-state index in [0.717, 1.165) is 6.42 Å². The number of carbonyl (C=O) groups is 1. The largest absolute Gasteiger partial charge is 0.366 e. The van der Waals surface area contributed by atoms with Crippen LogP contribution < -0.4 is 5.73 Å². The molecule has 0 aromatic rings. The minimum Gasteiger partial charge on any atom is -0.366 e. The van der Waals surface area contributed by atoms with E-state index in [9.17, 15) is 4.79 Å². The maximum atomic E-state index is 10.8. The molecule has 0 aromatic carbocycles. The molecular weight excluding hydrogens is 150 g/mol. The van der Waals surface area contributed by atoms with Crippen LogP contribution in [-0.4, -0.2) is 5.91 Å². The first-order valence-corrected chi connectivity index (χ1v) is 4.10. The van der Waals surface area contributed by atoms with Gasteiger partial charge in [-0.2, -0.15) is 0 Å². The summed E-state index contributed by atoms with van der Waals surface area (Å²) in [6.07, 6.45) is 10.5. The van der Waals surface area contributed by atoms with E-state index >= 15 is 0 Å². The molecule has 12 heavy (non-hydrogen) atoms. The van der Waals surface area contributed by atoms with Crippen LogP contribution in [0.4, 0.5) is 0 Å². The number of nitrogens with two attached hydrogens (primary N) is 1. The van der Waals surface area contributed by atoms with Gasteiger partial charge in [0, 0.05) is 5.57 Å². The van der Waals surface area contributed by atoms with Gasteiger partial charge in [-0.05, 0) is 18.4 Å². The van der Waals surface area contributed by atoms with Crippen LogP contribution in [0.5, 0.6) is 0 Å². The number of allylic oxidation sites excluding steroid dienone is 4. The van der Waals surface area contributed by atoms with E-state index in [4.69, 9.17) is 5.73 Å². The molecule has 2 nitrogen and oxygen atoms in total. The standard InChI is InChI=1S/C10H13NO/c1-2-8-4-3-5-9(7-6-8)10(11)12/h3-8H,2H2,1H3,(H2,11,12)/t8-/m0/s1. The van der Waals surface area contributed by atoms with E-state index < -0.39 is 0 Å². The van der Waals surface area contributed by atoms with Crippen LogP contribution in [0.1, 0.15) is 13.3 Å². The zero-order valence-electron chi connectivity index (χ0n) is 7.16. The highest BCUT2D eigenvalue weighted by Crippen LogP contribution is 2.12. The molecule has 1 amide bonds. The van der Waals surface area contributed by atoms with Gasteiger partial charge < -0.3 is 5.73 Å². The second-order valence-electron chi connectivity index (χ2n) is 2.80. The van der Waals surface area contributed by atoms with Gasteiger partial charge in [-0.15, -0.1) is 0 Å². The number of carbonyl (C=O) groups excluding carboxylic acids is 1. The minimum absolute atomic E-state index is 0.368. The molecule has 0 unspecified atom stereocenters. The van der Waals surface area contributed by atoms with Gasteiger partial charge in [0.25, 0.3) is 0 Å². The highest BCUT2D eigenvalue weighted by molar-refractivity contribution is 5.95. The Bertz CT molecular complexity index is 261. The minimum atomic E-state index is -0.368. The van der Waals surface area contributed by atoms with Crippen molar-refractivity contribution in [3.63, 3.8) is 0 Å². The van der Waals surface area contributed by atoms with Crippen molar-refractivity contribution in [1.29, 1.82) is 0 Å². The van der Waals surface area contributed by atoms with E-state index in [2.05, 4.69) is 13.0 Å². The monoisotopic (exact) mass is 163 g/mol. The molecule has 0 saturated heterocycles. The van der Waals surface area contributed by atoms with Gasteiger partial charge in [0.2, 0.25) is 5.91 Å². The summed E-state index contributed by atoms with van der Waals surface area (Å²) in [5, 5.41) is 0. The van der Waals surface area contributed by atoms with Crippen molar-refractivity contribution in [3.05, 3.63) is 36.0 Å². The Morgan fingerprint density at radius 3 is 2.92 bits per heavy atom. The molecule has 2 N–H and O–H groups in total. The van der Waals surface area contributed by atoms with E-state index in [0.29, 0.717) is 11.5 Å². The number of primary amides is 1. The Hall–Kier alpha value is -1.31. The maximum absolute atomic E-state index is 10.8. The molecule has 1 rings (SSSR count). The zero-order valence-corrected chi connectivity index (χ0v) is 7.16. The second kappa shape index (κ2) is 3.90. The van der Waals surface area contributed by atoms with Gasteiger partial charge in [0.05, 0.1) is 0 Å². The molecule has 0 aliphatic heterocycles. The van der Waals surface area contributed by atoms with Crippen LogP contribution in [0.2, 0.25) is 0 Å². The Labute approximate surface area is 72.5 Å². The third-order valence-electron chi connectivity index (χ3n) is 1.91. The lowest BCUT2D eigenvalue weighted by atomic mass is 10.1. The summed E-state index contributed by atoms with van der Waals surface area (Å²) < 4.78 is 0. The number of amides is 1. The Morgan fingerprint density at radius 1 is 1.58 bits per heavy atom. The van der Waals surface area contributed by atoms with Crippen LogP contribution in [-0.2, 0) is 4.79 Å². The van der Waals surface area contributed by atoms with Gasteiger partial charge in [-0.1, -0.05) is 31.2 Å². The van der Waals surface area contributed by atoms with Crippen molar-refractivity contribution in [3.8, 4) is 0 Å². The van der Waals surface area contributed by atoms with E-state index in [1.54, 1.807) is 12.2 Å². The van der Waals surface area contributed by atoms with Crippen LogP contribution in [0.15, 0.2) is 36.0 Å². The Balaban J connectivity index is 2.78. The average Bonchev–Trinajstić information content (AvgIpc) is 2.28. The average molecular weight is 163 g/mol. The molecule has 0 aromatic heterocycles. The summed E-state index contributed by atoms with van der Waals surface area (Å²) in [4.78, 5) is 10.8. The van der Waals surface area contributed by atoms with Crippen molar-refractivity contribution in [1.82, 2.24) is 0 Å². The predicted octanol–water partition coefficient (Wildman–Crippen LogP) is 1.55. The SMILES string of the molecule is CC[C@H]1C=CC=C(C(N)=O)C=C1. The molecule has 0 bridgehead atoms. The van der Waals surface area contributed by atoms with E-state index in [1.165, 1.54) is 0 Å². The Kier molecular flexibility index (Phi) is 2.86. The topological polar surface area (TPSA) is 43.1 Å². The quantitative estimate of drug-likeness (QED) is 0.659. The first kappa shape index (κ1) is 8.78. The third kappa shape index (κ3) is 2.09. The number of hydrogen-bond donors (Lipinski definition) is 1. The highest BCUT2D eigenvalue weighted by Gasteiger charge is 2.03. The lowest BCUT2D eigenvalue weighted by Crippen LogP contribution is -2.12. The van der Waals surface area contributed by atoms with Crippen LogP contribution >= 0.6 is 0 Å². The third-order valence-corrected chi connectivity index (χ3v) is 1.91. The number of rotatable bonds is 2.